The first kappa shape index (κ1) is 15.1. The lowest BCUT2D eigenvalue weighted by molar-refractivity contribution is -0.121. The zero-order chi connectivity index (χ0) is 15.1. The second kappa shape index (κ2) is 7.46. The van der Waals surface area contributed by atoms with Crippen LogP contribution < -0.4 is 16.4 Å². The summed E-state index contributed by atoms with van der Waals surface area (Å²) >= 11 is 0. The highest BCUT2D eigenvalue weighted by atomic mass is 16.2. The molecule has 5 nitrogen and oxygen atoms in total. The Kier molecular flexibility index (Phi) is 5.35. The average molecular weight is 285 g/mol. The molecule has 0 saturated heterocycles. The maximum atomic E-state index is 11.9. The Morgan fingerprint density at radius 2 is 1.95 bits per heavy atom. The standard InChI is InChI=1S/C16H19N3O2/c17-10-1-2-12-3-5-13(6-4-12)16(21)18-11-9-15(20)19-14-7-8-14/h3-6,14H,7-11,17H2,(H,18,21)(H,19,20). The molecular formula is C16H19N3O2. The van der Waals surface area contributed by atoms with Gasteiger partial charge in [0.1, 0.15) is 0 Å². The van der Waals surface area contributed by atoms with Crippen LogP contribution in [0.1, 0.15) is 35.2 Å². The zero-order valence-electron chi connectivity index (χ0n) is 11.8. The first-order valence-electron chi connectivity index (χ1n) is 7.05. The van der Waals surface area contributed by atoms with Crippen LogP contribution in [0, 0.1) is 11.8 Å². The van der Waals surface area contributed by atoms with Gasteiger partial charge >= 0.3 is 0 Å². The van der Waals surface area contributed by atoms with E-state index in [-0.39, 0.29) is 11.8 Å². The molecule has 5 heteroatoms. The third kappa shape index (κ3) is 5.28. The Morgan fingerprint density at radius 1 is 1.24 bits per heavy atom. The van der Waals surface area contributed by atoms with E-state index < -0.39 is 0 Å². The number of benzene rings is 1. The maximum absolute atomic E-state index is 11.9. The van der Waals surface area contributed by atoms with E-state index in [4.69, 9.17) is 5.73 Å². The Hall–Kier alpha value is -2.32. The molecule has 1 aromatic carbocycles. The minimum Gasteiger partial charge on any atom is -0.353 e. The van der Waals surface area contributed by atoms with E-state index in [0.29, 0.717) is 31.1 Å². The van der Waals surface area contributed by atoms with Crippen molar-refractivity contribution < 1.29 is 9.59 Å². The molecule has 110 valence electrons. The summed E-state index contributed by atoms with van der Waals surface area (Å²) in [5, 5.41) is 5.61. The van der Waals surface area contributed by atoms with E-state index >= 15 is 0 Å². The molecule has 1 fully saturated rings. The lowest BCUT2D eigenvalue weighted by Crippen LogP contribution is -2.31. The molecule has 0 spiro atoms. The summed E-state index contributed by atoms with van der Waals surface area (Å²) in [6.07, 6.45) is 2.44. The molecule has 0 bridgehead atoms. The molecule has 1 aliphatic carbocycles. The average Bonchev–Trinajstić information content (AvgIpc) is 3.29. The summed E-state index contributed by atoms with van der Waals surface area (Å²) in [4.78, 5) is 23.4. The Balaban J connectivity index is 1.75. The van der Waals surface area contributed by atoms with E-state index in [1.165, 1.54) is 0 Å². The number of carbonyl (C=O) groups is 2. The summed E-state index contributed by atoms with van der Waals surface area (Å²) in [5.41, 5.74) is 6.67. The monoisotopic (exact) mass is 285 g/mol. The van der Waals surface area contributed by atoms with Gasteiger partial charge in [0.15, 0.2) is 0 Å². The Morgan fingerprint density at radius 3 is 2.57 bits per heavy atom. The smallest absolute Gasteiger partial charge is 0.251 e. The summed E-state index contributed by atoms with van der Waals surface area (Å²) in [5.74, 6) is 5.45. The zero-order valence-corrected chi connectivity index (χ0v) is 11.8. The van der Waals surface area contributed by atoms with Gasteiger partial charge in [-0.05, 0) is 37.1 Å². The van der Waals surface area contributed by atoms with Crippen molar-refractivity contribution in [1.82, 2.24) is 10.6 Å². The quantitative estimate of drug-likeness (QED) is 0.684. The fourth-order valence-electron chi connectivity index (χ4n) is 1.78. The first-order chi connectivity index (χ1) is 10.2. The molecule has 0 unspecified atom stereocenters. The van der Waals surface area contributed by atoms with Crippen molar-refractivity contribution in [3.8, 4) is 11.8 Å². The van der Waals surface area contributed by atoms with Gasteiger partial charge < -0.3 is 16.4 Å². The second-order valence-electron chi connectivity index (χ2n) is 4.93. The minimum atomic E-state index is -0.187. The number of hydrogen-bond donors (Lipinski definition) is 3. The SMILES string of the molecule is NCC#Cc1ccc(C(=O)NCCC(=O)NC2CC2)cc1. The number of amides is 2. The molecule has 0 aliphatic heterocycles. The van der Waals surface area contributed by atoms with Gasteiger partial charge in [-0.2, -0.15) is 0 Å². The van der Waals surface area contributed by atoms with Gasteiger partial charge in [0.05, 0.1) is 6.54 Å². The largest absolute Gasteiger partial charge is 0.353 e. The van der Waals surface area contributed by atoms with Gasteiger partial charge in [0, 0.05) is 30.1 Å². The van der Waals surface area contributed by atoms with E-state index in [1.54, 1.807) is 24.3 Å². The summed E-state index contributed by atoms with van der Waals surface area (Å²) in [6, 6.07) is 7.32. The highest BCUT2D eigenvalue weighted by Gasteiger charge is 2.22. The van der Waals surface area contributed by atoms with Crippen molar-refractivity contribution in [2.24, 2.45) is 5.73 Å². The van der Waals surface area contributed by atoms with Crippen LogP contribution >= 0.6 is 0 Å². The number of nitrogens with one attached hydrogen (secondary N) is 2. The van der Waals surface area contributed by atoms with Gasteiger partial charge in [-0.15, -0.1) is 0 Å². The molecule has 2 rings (SSSR count). The summed E-state index contributed by atoms with van der Waals surface area (Å²) in [6.45, 7) is 0.650. The predicted octanol–water partition coefficient (Wildman–Crippen LogP) is 0.395. The van der Waals surface area contributed by atoms with E-state index in [1.807, 2.05) is 0 Å². The van der Waals surface area contributed by atoms with Gasteiger partial charge in [-0.1, -0.05) is 11.8 Å². The number of rotatable bonds is 5. The van der Waals surface area contributed by atoms with Crippen LogP contribution in [0.2, 0.25) is 0 Å². The van der Waals surface area contributed by atoms with E-state index in [9.17, 15) is 9.59 Å². The van der Waals surface area contributed by atoms with Crippen LogP contribution in [0.3, 0.4) is 0 Å². The van der Waals surface area contributed by atoms with Crippen LogP contribution in [-0.2, 0) is 4.79 Å². The van der Waals surface area contributed by atoms with Crippen LogP contribution in [0.4, 0.5) is 0 Å². The lowest BCUT2D eigenvalue weighted by atomic mass is 10.1. The van der Waals surface area contributed by atoms with Gasteiger partial charge in [0.25, 0.3) is 5.91 Å². The molecule has 0 aromatic heterocycles. The number of carbonyl (C=O) groups excluding carboxylic acids is 2. The lowest BCUT2D eigenvalue weighted by Gasteiger charge is -2.06. The molecule has 1 aliphatic rings. The van der Waals surface area contributed by atoms with Crippen LogP contribution in [0.25, 0.3) is 0 Å². The normalized spacial score (nSPS) is 13.0. The molecule has 2 amide bonds. The van der Waals surface area contributed by atoms with E-state index in [0.717, 1.165) is 18.4 Å². The van der Waals surface area contributed by atoms with Gasteiger partial charge in [0.2, 0.25) is 5.91 Å². The summed E-state index contributed by atoms with van der Waals surface area (Å²) < 4.78 is 0. The highest BCUT2D eigenvalue weighted by Crippen LogP contribution is 2.18. The van der Waals surface area contributed by atoms with Gasteiger partial charge in [-0.25, -0.2) is 0 Å². The first-order valence-corrected chi connectivity index (χ1v) is 7.05. The Labute approximate surface area is 124 Å². The van der Waals surface area contributed by atoms with Crippen molar-refractivity contribution in [3.05, 3.63) is 35.4 Å². The fraction of sp³-hybridized carbons (Fsp3) is 0.375. The predicted molar refractivity (Wildman–Crippen MR) is 80.5 cm³/mol. The molecule has 4 N–H and O–H groups in total. The van der Waals surface area contributed by atoms with Gasteiger partial charge in [-0.3, -0.25) is 9.59 Å². The Bertz CT molecular complexity index is 565. The van der Waals surface area contributed by atoms with Crippen LogP contribution in [0.15, 0.2) is 24.3 Å². The van der Waals surface area contributed by atoms with Crippen LogP contribution in [0.5, 0.6) is 0 Å². The molecule has 0 atom stereocenters. The van der Waals surface area contributed by atoms with Crippen molar-refractivity contribution in [2.75, 3.05) is 13.1 Å². The molecule has 1 aromatic rings. The summed E-state index contributed by atoms with van der Waals surface area (Å²) in [7, 11) is 0. The highest BCUT2D eigenvalue weighted by molar-refractivity contribution is 5.94. The van der Waals surface area contributed by atoms with Crippen molar-refractivity contribution in [1.29, 1.82) is 0 Å². The van der Waals surface area contributed by atoms with E-state index in [2.05, 4.69) is 22.5 Å². The third-order valence-corrected chi connectivity index (χ3v) is 3.06. The minimum absolute atomic E-state index is 0.00907. The molecule has 1 saturated carbocycles. The van der Waals surface area contributed by atoms with Crippen molar-refractivity contribution >= 4 is 11.8 Å². The van der Waals surface area contributed by atoms with Crippen molar-refractivity contribution in [3.63, 3.8) is 0 Å². The number of nitrogens with two attached hydrogens (primary N) is 1. The molecule has 0 radical (unpaired) electrons. The topological polar surface area (TPSA) is 84.2 Å². The van der Waals surface area contributed by atoms with Crippen LogP contribution in [-0.4, -0.2) is 30.9 Å². The molecule has 21 heavy (non-hydrogen) atoms. The fourth-order valence-corrected chi connectivity index (χ4v) is 1.78. The molecular weight excluding hydrogens is 266 g/mol. The van der Waals surface area contributed by atoms with Crippen molar-refractivity contribution in [2.45, 2.75) is 25.3 Å². The number of hydrogen-bond acceptors (Lipinski definition) is 3. The maximum Gasteiger partial charge on any atom is 0.251 e. The second-order valence-corrected chi connectivity index (χ2v) is 4.93. The molecule has 0 heterocycles. The third-order valence-electron chi connectivity index (χ3n) is 3.06.